The van der Waals surface area contributed by atoms with E-state index in [0.717, 1.165) is 18.6 Å². The van der Waals surface area contributed by atoms with E-state index >= 15 is 0 Å². The van der Waals surface area contributed by atoms with Crippen molar-refractivity contribution >= 4 is 0 Å². The van der Waals surface area contributed by atoms with Gasteiger partial charge in [-0.1, -0.05) is 26.8 Å². The zero-order chi connectivity index (χ0) is 16.0. The first-order valence-electron chi connectivity index (χ1n) is 7.07. The van der Waals surface area contributed by atoms with E-state index in [4.69, 9.17) is 4.74 Å². The molecule has 1 aromatic rings. The highest BCUT2D eigenvalue weighted by molar-refractivity contribution is 5.21. The van der Waals surface area contributed by atoms with Crippen LogP contribution in [0.25, 0.3) is 0 Å². The number of rotatable bonds is 7. The first-order chi connectivity index (χ1) is 9.76. The van der Waals surface area contributed by atoms with Gasteiger partial charge in [0.1, 0.15) is 0 Å². The summed E-state index contributed by atoms with van der Waals surface area (Å²) in [5.74, 6) is -1.75. The average Bonchev–Trinajstić information content (AvgIpc) is 2.39. The molecule has 0 aromatic heterocycles. The van der Waals surface area contributed by atoms with Crippen LogP contribution in [0.4, 0.5) is 8.78 Å². The molecule has 0 saturated heterocycles. The molecule has 2 N–H and O–H groups in total. The van der Waals surface area contributed by atoms with Crippen molar-refractivity contribution in [1.29, 1.82) is 0 Å². The molecule has 0 aliphatic carbocycles. The standard InChI is InChI=1S/C16H25F2NO2/c1-16(2,3)8-12(9-20)19-15(10-21-4)11-5-6-13(17)14(18)7-11/h5-7,12,15,19-20H,8-10H2,1-4H3. The van der Waals surface area contributed by atoms with E-state index in [1.807, 2.05) is 0 Å². The van der Waals surface area contributed by atoms with Crippen molar-refractivity contribution in [2.45, 2.75) is 39.3 Å². The van der Waals surface area contributed by atoms with Gasteiger partial charge in [-0.05, 0) is 29.5 Å². The molecule has 3 nitrogen and oxygen atoms in total. The number of aliphatic hydroxyl groups excluding tert-OH is 1. The van der Waals surface area contributed by atoms with Crippen LogP contribution >= 0.6 is 0 Å². The largest absolute Gasteiger partial charge is 0.395 e. The topological polar surface area (TPSA) is 41.5 Å². The summed E-state index contributed by atoms with van der Waals surface area (Å²) in [7, 11) is 1.55. The van der Waals surface area contributed by atoms with Crippen molar-refractivity contribution in [3.8, 4) is 0 Å². The Labute approximate surface area is 125 Å². The SMILES string of the molecule is COCC(NC(CO)CC(C)(C)C)c1ccc(F)c(F)c1. The van der Waals surface area contributed by atoms with Crippen molar-refractivity contribution in [3.05, 3.63) is 35.4 Å². The summed E-state index contributed by atoms with van der Waals surface area (Å²) >= 11 is 0. The Hall–Kier alpha value is -1.04. The van der Waals surface area contributed by atoms with E-state index in [0.29, 0.717) is 12.2 Å². The molecule has 0 fully saturated rings. The first kappa shape index (κ1) is 18.0. The number of halogens is 2. The van der Waals surface area contributed by atoms with Gasteiger partial charge in [-0.3, -0.25) is 0 Å². The predicted octanol–water partition coefficient (Wildman–Crippen LogP) is 3.04. The van der Waals surface area contributed by atoms with Crippen molar-refractivity contribution in [3.63, 3.8) is 0 Å². The van der Waals surface area contributed by atoms with E-state index in [1.165, 1.54) is 6.07 Å². The molecular weight excluding hydrogens is 276 g/mol. The van der Waals surface area contributed by atoms with Crippen LogP contribution in [0.15, 0.2) is 18.2 Å². The Bertz CT molecular complexity index is 446. The van der Waals surface area contributed by atoms with E-state index in [2.05, 4.69) is 26.1 Å². The number of hydrogen-bond acceptors (Lipinski definition) is 3. The molecule has 0 radical (unpaired) electrons. The monoisotopic (exact) mass is 301 g/mol. The predicted molar refractivity (Wildman–Crippen MR) is 79.1 cm³/mol. The van der Waals surface area contributed by atoms with E-state index in [-0.39, 0.29) is 24.1 Å². The van der Waals surface area contributed by atoms with Gasteiger partial charge in [0.2, 0.25) is 0 Å². The van der Waals surface area contributed by atoms with Crippen LogP contribution in [-0.2, 0) is 4.74 Å². The second-order valence-corrected chi connectivity index (χ2v) is 6.49. The van der Waals surface area contributed by atoms with E-state index in [9.17, 15) is 13.9 Å². The van der Waals surface area contributed by atoms with Gasteiger partial charge in [0, 0.05) is 13.2 Å². The van der Waals surface area contributed by atoms with Crippen LogP contribution < -0.4 is 5.32 Å². The minimum atomic E-state index is -0.883. The Kier molecular flexibility index (Phi) is 6.71. The van der Waals surface area contributed by atoms with Gasteiger partial charge in [0.25, 0.3) is 0 Å². The number of aliphatic hydroxyl groups is 1. The Morgan fingerprint density at radius 3 is 2.38 bits per heavy atom. The van der Waals surface area contributed by atoms with Gasteiger partial charge in [0.15, 0.2) is 11.6 Å². The highest BCUT2D eigenvalue weighted by Gasteiger charge is 2.22. The molecule has 0 bridgehead atoms. The maximum absolute atomic E-state index is 13.4. The van der Waals surface area contributed by atoms with Crippen molar-refractivity contribution < 1.29 is 18.6 Å². The molecule has 1 rings (SSSR count). The van der Waals surface area contributed by atoms with Gasteiger partial charge >= 0.3 is 0 Å². The summed E-state index contributed by atoms with van der Waals surface area (Å²) in [6.45, 7) is 6.54. The summed E-state index contributed by atoms with van der Waals surface area (Å²) in [5, 5.41) is 12.8. The van der Waals surface area contributed by atoms with Crippen LogP contribution in [0, 0.1) is 17.0 Å². The normalized spacial score (nSPS) is 15.0. The first-order valence-corrected chi connectivity index (χ1v) is 7.07. The molecule has 5 heteroatoms. The molecule has 0 saturated carbocycles. The van der Waals surface area contributed by atoms with Gasteiger partial charge in [-0.25, -0.2) is 8.78 Å². The lowest BCUT2D eigenvalue weighted by atomic mass is 9.88. The zero-order valence-corrected chi connectivity index (χ0v) is 13.1. The molecule has 120 valence electrons. The summed E-state index contributed by atoms with van der Waals surface area (Å²) in [4.78, 5) is 0. The quantitative estimate of drug-likeness (QED) is 0.813. The molecule has 0 spiro atoms. The molecule has 2 unspecified atom stereocenters. The third-order valence-electron chi connectivity index (χ3n) is 3.20. The minimum Gasteiger partial charge on any atom is -0.395 e. The van der Waals surface area contributed by atoms with Gasteiger partial charge < -0.3 is 15.2 Å². The van der Waals surface area contributed by atoms with Crippen LogP contribution in [0.1, 0.15) is 38.8 Å². The highest BCUT2D eigenvalue weighted by Crippen LogP contribution is 2.23. The molecule has 2 atom stereocenters. The van der Waals surface area contributed by atoms with Gasteiger partial charge in [0.05, 0.1) is 19.3 Å². The summed E-state index contributed by atoms with van der Waals surface area (Å²) in [5.41, 5.74) is 0.648. The molecule has 21 heavy (non-hydrogen) atoms. The number of nitrogens with one attached hydrogen (secondary N) is 1. The lowest BCUT2D eigenvalue weighted by Crippen LogP contribution is -2.40. The molecule has 1 aromatic carbocycles. The zero-order valence-electron chi connectivity index (χ0n) is 13.1. The molecule has 0 amide bonds. The Morgan fingerprint density at radius 2 is 1.90 bits per heavy atom. The van der Waals surface area contributed by atoms with E-state index < -0.39 is 11.6 Å². The maximum Gasteiger partial charge on any atom is 0.159 e. The summed E-state index contributed by atoms with van der Waals surface area (Å²) < 4.78 is 31.6. The smallest absolute Gasteiger partial charge is 0.159 e. The van der Waals surface area contributed by atoms with E-state index in [1.54, 1.807) is 7.11 Å². The van der Waals surface area contributed by atoms with Gasteiger partial charge in [-0.2, -0.15) is 0 Å². The third-order valence-corrected chi connectivity index (χ3v) is 3.20. The van der Waals surface area contributed by atoms with Crippen LogP contribution in [0.3, 0.4) is 0 Å². The lowest BCUT2D eigenvalue weighted by Gasteiger charge is -2.29. The number of ether oxygens (including phenoxy) is 1. The number of methoxy groups -OCH3 is 1. The maximum atomic E-state index is 13.4. The second kappa shape index (κ2) is 7.82. The van der Waals surface area contributed by atoms with Crippen molar-refractivity contribution in [1.82, 2.24) is 5.32 Å². The van der Waals surface area contributed by atoms with Crippen LogP contribution in [-0.4, -0.2) is 31.5 Å². The average molecular weight is 301 g/mol. The Balaban J connectivity index is 2.87. The fraction of sp³-hybridized carbons (Fsp3) is 0.625. The molecular formula is C16H25F2NO2. The Morgan fingerprint density at radius 1 is 1.24 bits per heavy atom. The summed E-state index contributed by atoms with van der Waals surface area (Å²) in [6.07, 6.45) is 0.757. The minimum absolute atomic E-state index is 0.0266. The third kappa shape index (κ3) is 6.08. The van der Waals surface area contributed by atoms with Crippen molar-refractivity contribution in [2.75, 3.05) is 20.3 Å². The fourth-order valence-electron chi connectivity index (χ4n) is 2.34. The number of benzene rings is 1. The summed E-state index contributed by atoms with van der Waals surface area (Å²) in [6, 6.07) is 3.35. The van der Waals surface area contributed by atoms with Crippen molar-refractivity contribution in [2.24, 2.45) is 5.41 Å². The molecule has 0 heterocycles. The van der Waals surface area contributed by atoms with Crippen LogP contribution in [0.5, 0.6) is 0 Å². The molecule has 0 aliphatic heterocycles. The lowest BCUT2D eigenvalue weighted by molar-refractivity contribution is 0.135. The van der Waals surface area contributed by atoms with Gasteiger partial charge in [-0.15, -0.1) is 0 Å². The second-order valence-electron chi connectivity index (χ2n) is 6.49. The number of hydrogen-bond donors (Lipinski definition) is 2. The highest BCUT2D eigenvalue weighted by atomic mass is 19.2. The molecule has 0 aliphatic rings. The fourth-order valence-corrected chi connectivity index (χ4v) is 2.34. The van der Waals surface area contributed by atoms with Crippen LogP contribution in [0.2, 0.25) is 0 Å².